The van der Waals surface area contributed by atoms with Crippen LogP contribution in [0.15, 0.2) is 0 Å². The van der Waals surface area contributed by atoms with Crippen molar-refractivity contribution in [1.29, 1.82) is 0 Å². The van der Waals surface area contributed by atoms with Gasteiger partial charge in [0.25, 0.3) is 0 Å². The topological polar surface area (TPSA) is 60.2 Å². The fraction of sp³-hybridized carbons (Fsp3) is 0.800. The lowest BCUT2D eigenvalue weighted by Gasteiger charge is -2.00. The summed E-state index contributed by atoms with van der Waals surface area (Å²) in [4.78, 5) is 19.8. The van der Waals surface area contributed by atoms with Crippen molar-refractivity contribution in [3.05, 3.63) is 10.1 Å². The number of carbonyl (C=O) groups is 1. The summed E-state index contributed by atoms with van der Waals surface area (Å²) in [5.74, 6) is 0. The Morgan fingerprint density at radius 2 is 2.30 bits per heavy atom. The van der Waals surface area contributed by atoms with Gasteiger partial charge in [-0.2, -0.15) is 0 Å². The Hall–Kier alpha value is -0.580. The molecule has 1 atom stereocenters. The highest BCUT2D eigenvalue weighted by Gasteiger charge is 2.11. The van der Waals surface area contributed by atoms with E-state index in [-0.39, 0.29) is 16.9 Å². The lowest BCUT2D eigenvalue weighted by atomic mass is 10.5. The van der Waals surface area contributed by atoms with Crippen molar-refractivity contribution in [2.45, 2.75) is 19.1 Å². The van der Waals surface area contributed by atoms with Gasteiger partial charge in [0.15, 0.2) is 5.12 Å². The van der Waals surface area contributed by atoms with Crippen LogP contribution < -0.4 is 0 Å². The van der Waals surface area contributed by atoms with E-state index < -0.39 is 4.92 Å². The largest absolute Gasteiger partial charge is 0.288 e. The molecule has 0 saturated heterocycles. The number of nitro groups is 1. The normalized spacial score (nSPS) is 12.6. The molecule has 0 saturated carbocycles. The molecule has 4 nitrogen and oxygen atoms in total. The molecule has 0 aromatic heterocycles. The van der Waals surface area contributed by atoms with Gasteiger partial charge in [0.05, 0.1) is 5.25 Å². The predicted octanol–water partition coefficient (Wildman–Crippen LogP) is 0.931. The molecular formula is C5H9NO3S. The molecule has 10 heavy (non-hydrogen) atoms. The summed E-state index contributed by atoms with van der Waals surface area (Å²) in [5, 5.41) is 9.58. The zero-order chi connectivity index (χ0) is 8.15. The van der Waals surface area contributed by atoms with E-state index in [9.17, 15) is 14.9 Å². The van der Waals surface area contributed by atoms with Crippen LogP contribution in [0, 0.1) is 10.1 Å². The molecule has 0 fully saturated rings. The van der Waals surface area contributed by atoms with Gasteiger partial charge in [-0.15, -0.1) is 0 Å². The molecule has 0 aliphatic heterocycles. The maximum atomic E-state index is 10.4. The SMILES string of the molecule is CC(=O)SC(C)C[N+](=O)[O-]. The van der Waals surface area contributed by atoms with Crippen LogP contribution in [-0.2, 0) is 4.79 Å². The minimum atomic E-state index is -0.416. The molecule has 1 unspecified atom stereocenters. The van der Waals surface area contributed by atoms with Crippen molar-refractivity contribution in [2.24, 2.45) is 0 Å². The van der Waals surface area contributed by atoms with Crippen LogP contribution in [0.4, 0.5) is 0 Å². The number of nitrogens with zero attached hydrogens (tertiary/aromatic N) is 1. The fourth-order valence-electron chi connectivity index (χ4n) is 0.531. The second-order valence-corrected chi connectivity index (χ2v) is 3.55. The van der Waals surface area contributed by atoms with E-state index >= 15 is 0 Å². The molecule has 0 aliphatic rings. The van der Waals surface area contributed by atoms with Gasteiger partial charge in [-0.1, -0.05) is 11.8 Å². The Balaban J connectivity index is 3.53. The third-order valence-electron chi connectivity index (χ3n) is 0.773. The first kappa shape index (κ1) is 9.42. The lowest BCUT2D eigenvalue weighted by molar-refractivity contribution is -0.478. The van der Waals surface area contributed by atoms with Crippen molar-refractivity contribution in [1.82, 2.24) is 0 Å². The molecule has 0 rings (SSSR count). The number of hydrogen-bond donors (Lipinski definition) is 0. The maximum absolute atomic E-state index is 10.4. The van der Waals surface area contributed by atoms with E-state index in [1.807, 2.05) is 0 Å². The quantitative estimate of drug-likeness (QED) is 0.458. The lowest BCUT2D eigenvalue weighted by Crippen LogP contribution is -2.13. The molecule has 0 aromatic carbocycles. The van der Waals surface area contributed by atoms with Gasteiger partial charge in [-0.25, -0.2) is 0 Å². The molecule has 0 bridgehead atoms. The Labute approximate surface area is 63.1 Å². The minimum absolute atomic E-state index is 0.0747. The molecule has 0 aromatic rings. The average molecular weight is 163 g/mol. The highest BCUT2D eigenvalue weighted by molar-refractivity contribution is 8.14. The van der Waals surface area contributed by atoms with E-state index in [2.05, 4.69) is 0 Å². The zero-order valence-electron chi connectivity index (χ0n) is 5.86. The summed E-state index contributed by atoms with van der Waals surface area (Å²) < 4.78 is 0. The van der Waals surface area contributed by atoms with E-state index in [0.717, 1.165) is 11.8 Å². The standard InChI is InChI=1S/C5H9NO3S/c1-4(3-6(8)9)10-5(2)7/h4H,3H2,1-2H3. The van der Waals surface area contributed by atoms with Gasteiger partial charge in [0.2, 0.25) is 6.54 Å². The second-order valence-electron chi connectivity index (χ2n) is 1.94. The first-order chi connectivity index (χ1) is 4.52. The van der Waals surface area contributed by atoms with Crippen LogP contribution in [-0.4, -0.2) is 21.8 Å². The molecule has 0 radical (unpaired) electrons. The van der Waals surface area contributed by atoms with E-state index in [4.69, 9.17) is 0 Å². The first-order valence-corrected chi connectivity index (χ1v) is 3.69. The van der Waals surface area contributed by atoms with Crippen LogP contribution in [0.25, 0.3) is 0 Å². The van der Waals surface area contributed by atoms with Crippen LogP contribution in [0.1, 0.15) is 13.8 Å². The Morgan fingerprint density at radius 3 is 2.60 bits per heavy atom. The molecule has 0 spiro atoms. The number of rotatable bonds is 3. The molecule has 58 valence electrons. The molecule has 0 heterocycles. The highest BCUT2D eigenvalue weighted by atomic mass is 32.2. The van der Waals surface area contributed by atoms with Gasteiger partial charge in [-0.05, 0) is 6.92 Å². The fourth-order valence-corrected chi connectivity index (χ4v) is 1.29. The van der Waals surface area contributed by atoms with Crippen LogP contribution in [0.3, 0.4) is 0 Å². The summed E-state index contributed by atoms with van der Waals surface area (Å²) in [6.45, 7) is 2.92. The molecule has 0 aliphatic carbocycles. The summed E-state index contributed by atoms with van der Waals surface area (Å²) in [6.07, 6.45) is 0. The van der Waals surface area contributed by atoms with Crippen molar-refractivity contribution < 1.29 is 9.72 Å². The van der Waals surface area contributed by atoms with Gasteiger partial charge in [-0.3, -0.25) is 14.9 Å². The average Bonchev–Trinajstić information content (AvgIpc) is 1.58. The van der Waals surface area contributed by atoms with Gasteiger partial charge < -0.3 is 0 Å². The number of hydrogen-bond acceptors (Lipinski definition) is 4. The summed E-state index contributed by atoms with van der Waals surface area (Å²) in [6, 6.07) is 0. The number of thioether (sulfide) groups is 1. The molecule has 0 N–H and O–H groups in total. The Kier molecular flexibility index (Phi) is 4.02. The van der Waals surface area contributed by atoms with Crippen molar-refractivity contribution in [3.63, 3.8) is 0 Å². The molecule has 5 heteroatoms. The summed E-state index contributed by atoms with van der Waals surface area (Å²) >= 11 is 1.00. The smallest absolute Gasteiger partial charge is 0.215 e. The second kappa shape index (κ2) is 4.27. The predicted molar refractivity (Wildman–Crippen MR) is 39.6 cm³/mol. The number of carbonyl (C=O) groups excluding carboxylic acids is 1. The van der Waals surface area contributed by atoms with Gasteiger partial charge in [0, 0.05) is 11.8 Å². The van der Waals surface area contributed by atoms with E-state index in [1.54, 1.807) is 6.92 Å². The monoisotopic (exact) mass is 163 g/mol. The maximum Gasteiger partial charge on any atom is 0.215 e. The summed E-state index contributed by atoms with van der Waals surface area (Å²) in [7, 11) is 0. The Morgan fingerprint density at radius 1 is 1.80 bits per heavy atom. The van der Waals surface area contributed by atoms with E-state index in [0.29, 0.717) is 0 Å². The van der Waals surface area contributed by atoms with Crippen LogP contribution in [0.2, 0.25) is 0 Å². The third kappa shape index (κ3) is 5.55. The van der Waals surface area contributed by atoms with E-state index in [1.165, 1.54) is 6.92 Å². The third-order valence-corrected chi connectivity index (χ3v) is 1.66. The van der Waals surface area contributed by atoms with Crippen LogP contribution in [0.5, 0.6) is 0 Å². The van der Waals surface area contributed by atoms with Crippen molar-refractivity contribution in [3.8, 4) is 0 Å². The Bertz CT molecular complexity index is 132. The van der Waals surface area contributed by atoms with Gasteiger partial charge in [0.1, 0.15) is 0 Å². The first-order valence-electron chi connectivity index (χ1n) is 2.81. The summed E-state index contributed by atoms with van der Waals surface area (Å²) in [5.41, 5.74) is 0. The van der Waals surface area contributed by atoms with Crippen molar-refractivity contribution >= 4 is 16.9 Å². The van der Waals surface area contributed by atoms with Crippen LogP contribution >= 0.6 is 11.8 Å². The molecular weight excluding hydrogens is 154 g/mol. The molecule has 0 amide bonds. The zero-order valence-corrected chi connectivity index (χ0v) is 6.68. The van der Waals surface area contributed by atoms with Gasteiger partial charge >= 0.3 is 0 Å². The highest BCUT2D eigenvalue weighted by Crippen LogP contribution is 2.10. The minimum Gasteiger partial charge on any atom is -0.288 e. The van der Waals surface area contributed by atoms with Crippen molar-refractivity contribution in [2.75, 3.05) is 6.54 Å².